The summed E-state index contributed by atoms with van der Waals surface area (Å²) in [6.45, 7) is 8.64. The lowest BCUT2D eigenvalue weighted by Gasteiger charge is -2.30. The summed E-state index contributed by atoms with van der Waals surface area (Å²) in [4.78, 5) is 0. The van der Waals surface area contributed by atoms with Crippen LogP contribution in [0.2, 0.25) is 0 Å². The van der Waals surface area contributed by atoms with Crippen LogP contribution in [-0.4, -0.2) is 46.1 Å². The lowest BCUT2D eigenvalue weighted by atomic mass is 9.82. The van der Waals surface area contributed by atoms with Crippen molar-refractivity contribution in [2.75, 3.05) is 46.1 Å². The van der Waals surface area contributed by atoms with Crippen LogP contribution in [0.4, 0.5) is 0 Å². The van der Waals surface area contributed by atoms with E-state index in [-0.39, 0.29) is 5.41 Å². The summed E-state index contributed by atoms with van der Waals surface area (Å²) in [5, 5.41) is 3.52. The van der Waals surface area contributed by atoms with Gasteiger partial charge in [-0.1, -0.05) is 6.92 Å². The van der Waals surface area contributed by atoms with E-state index in [2.05, 4.69) is 18.3 Å². The molecule has 4 nitrogen and oxygen atoms in total. The lowest BCUT2D eigenvalue weighted by Crippen LogP contribution is -2.31. The molecule has 0 amide bonds. The molecule has 2 saturated heterocycles. The molecule has 0 aromatic heterocycles. The minimum atomic E-state index is 0.264. The van der Waals surface area contributed by atoms with Crippen molar-refractivity contribution in [1.82, 2.24) is 5.32 Å². The van der Waals surface area contributed by atoms with E-state index in [1.165, 1.54) is 12.8 Å². The SMILES string of the molecule is CC1(CCNCC2=CC3(CCOC3)CCO2)CCOC1. The highest BCUT2D eigenvalue weighted by Crippen LogP contribution is 2.37. The summed E-state index contributed by atoms with van der Waals surface area (Å²) in [6.07, 6.45) is 6.93. The van der Waals surface area contributed by atoms with Crippen LogP contribution in [0.25, 0.3) is 0 Å². The number of nitrogens with one attached hydrogen (secondary N) is 1. The van der Waals surface area contributed by atoms with Crippen LogP contribution in [0.5, 0.6) is 0 Å². The number of hydrogen-bond acceptors (Lipinski definition) is 4. The number of rotatable bonds is 5. The molecule has 3 rings (SSSR count). The highest BCUT2D eigenvalue weighted by molar-refractivity contribution is 5.10. The van der Waals surface area contributed by atoms with E-state index < -0.39 is 0 Å². The standard InChI is InChI=1S/C16H27NO3/c1-15(3-7-18-12-15)2-6-17-11-14-10-16(5-9-20-14)4-8-19-13-16/h10,17H,2-9,11-13H2,1H3. The molecule has 20 heavy (non-hydrogen) atoms. The third-order valence-corrected chi connectivity index (χ3v) is 4.99. The summed E-state index contributed by atoms with van der Waals surface area (Å²) in [7, 11) is 0. The van der Waals surface area contributed by atoms with Gasteiger partial charge in [0.1, 0.15) is 5.76 Å². The van der Waals surface area contributed by atoms with Crippen molar-refractivity contribution in [3.8, 4) is 0 Å². The lowest BCUT2D eigenvalue weighted by molar-refractivity contribution is 0.107. The highest BCUT2D eigenvalue weighted by Gasteiger charge is 2.35. The molecular weight excluding hydrogens is 254 g/mol. The van der Waals surface area contributed by atoms with Gasteiger partial charge in [-0.05, 0) is 43.7 Å². The summed E-state index contributed by atoms with van der Waals surface area (Å²) < 4.78 is 16.8. The first kappa shape index (κ1) is 14.4. The van der Waals surface area contributed by atoms with E-state index >= 15 is 0 Å². The third kappa shape index (κ3) is 3.35. The van der Waals surface area contributed by atoms with Gasteiger partial charge in [-0.15, -0.1) is 0 Å². The van der Waals surface area contributed by atoms with Crippen molar-refractivity contribution in [3.05, 3.63) is 11.8 Å². The molecule has 2 atom stereocenters. The van der Waals surface area contributed by atoms with Gasteiger partial charge in [0.05, 0.1) is 26.4 Å². The predicted octanol–water partition coefficient (Wildman–Crippen LogP) is 2.10. The van der Waals surface area contributed by atoms with Crippen LogP contribution in [0, 0.1) is 10.8 Å². The van der Waals surface area contributed by atoms with Crippen molar-refractivity contribution in [2.24, 2.45) is 10.8 Å². The van der Waals surface area contributed by atoms with Gasteiger partial charge in [0.15, 0.2) is 0 Å². The molecular formula is C16H27NO3. The molecule has 0 radical (unpaired) electrons. The molecule has 0 aliphatic carbocycles. The molecule has 1 spiro atoms. The van der Waals surface area contributed by atoms with Crippen LogP contribution in [-0.2, 0) is 14.2 Å². The Morgan fingerprint density at radius 1 is 1.10 bits per heavy atom. The average Bonchev–Trinajstić information content (AvgIpc) is 3.06. The van der Waals surface area contributed by atoms with Gasteiger partial charge in [-0.25, -0.2) is 0 Å². The van der Waals surface area contributed by atoms with E-state index in [0.29, 0.717) is 5.41 Å². The second-order valence-corrected chi connectivity index (χ2v) is 6.91. The Hall–Kier alpha value is -0.580. The van der Waals surface area contributed by atoms with E-state index in [1.54, 1.807) is 0 Å². The maximum absolute atomic E-state index is 5.78. The Labute approximate surface area is 121 Å². The second-order valence-electron chi connectivity index (χ2n) is 6.91. The molecule has 3 heterocycles. The van der Waals surface area contributed by atoms with Gasteiger partial charge in [0, 0.05) is 18.6 Å². The van der Waals surface area contributed by atoms with Gasteiger partial charge in [0.25, 0.3) is 0 Å². The molecule has 2 unspecified atom stereocenters. The van der Waals surface area contributed by atoms with Crippen molar-refractivity contribution in [2.45, 2.75) is 32.6 Å². The molecule has 3 aliphatic heterocycles. The first-order valence-corrected chi connectivity index (χ1v) is 7.91. The van der Waals surface area contributed by atoms with Crippen LogP contribution in [0.3, 0.4) is 0 Å². The Morgan fingerprint density at radius 3 is 2.65 bits per heavy atom. The number of ether oxygens (including phenoxy) is 3. The van der Waals surface area contributed by atoms with Crippen LogP contribution in [0.15, 0.2) is 11.8 Å². The molecule has 0 aromatic rings. The zero-order valence-corrected chi connectivity index (χ0v) is 12.6. The fourth-order valence-electron chi connectivity index (χ4n) is 3.39. The quantitative estimate of drug-likeness (QED) is 0.784. The molecule has 1 N–H and O–H groups in total. The predicted molar refractivity (Wildman–Crippen MR) is 77.6 cm³/mol. The fourth-order valence-corrected chi connectivity index (χ4v) is 3.39. The van der Waals surface area contributed by atoms with Gasteiger partial charge in [-0.2, -0.15) is 0 Å². The van der Waals surface area contributed by atoms with E-state index in [9.17, 15) is 0 Å². The topological polar surface area (TPSA) is 39.7 Å². The summed E-state index contributed by atoms with van der Waals surface area (Å²) >= 11 is 0. The van der Waals surface area contributed by atoms with Gasteiger partial charge < -0.3 is 19.5 Å². The zero-order valence-electron chi connectivity index (χ0n) is 12.6. The van der Waals surface area contributed by atoms with Crippen LogP contribution < -0.4 is 5.32 Å². The second kappa shape index (κ2) is 6.04. The smallest absolute Gasteiger partial charge is 0.106 e. The van der Waals surface area contributed by atoms with E-state index in [0.717, 1.165) is 64.7 Å². The summed E-state index contributed by atoms with van der Waals surface area (Å²) in [5.74, 6) is 1.11. The molecule has 4 heteroatoms. The van der Waals surface area contributed by atoms with Crippen molar-refractivity contribution in [1.29, 1.82) is 0 Å². The van der Waals surface area contributed by atoms with Gasteiger partial charge in [-0.3, -0.25) is 0 Å². The molecule has 0 bridgehead atoms. The molecule has 2 fully saturated rings. The Balaban J connectivity index is 1.43. The first-order valence-electron chi connectivity index (χ1n) is 7.91. The van der Waals surface area contributed by atoms with Crippen LogP contribution >= 0.6 is 0 Å². The number of hydrogen-bond donors (Lipinski definition) is 1. The Bertz CT molecular complexity index is 355. The maximum atomic E-state index is 5.78. The summed E-state index contributed by atoms with van der Waals surface area (Å²) in [5.41, 5.74) is 0.635. The highest BCUT2D eigenvalue weighted by atomic mass is 16.5. The third-order valence-electron chi connectivity index (χ3n) is 4.99. The monoisotopic (exact) mass is 281 g/mol. The van der Waals surface area contributed by atoms with Gasteiger partial charge >= 0.3 is 0 Å². The summed E-state index contributed by atoms with van der Waals surface area (Å²) in [6, 6.07) is 0. The van der Waals surface area contributed by atoms with Crippen molar-refractivity contribution < 1.29 is 14.2 Å². The van der Waals surface area contributed by atoms with Crippen molar-refractivity contribution >= 4 is 0 Å². The fraction of sp³-hybridized carbons (Fsp3) is 0.875. The Kier molecular flexibility index (Phi) is 4.34. The zero-order chi connectivity index (χ0) is 13.9. The largest absolute Gasteiger partial charge is 0.497 e. The molecule has 3 aliphatic rings. The Morgan fingerprint density at radius 2 is 1.90 bits per heavy atom. The van der Waals surface area contributed by atoms with E-state index in [4.69, 9.17) is 14.2 Å². The first-order chi connectivity index (χ1) is 9.70. The average molecular weight is 281 g/mol. The van der Waals surface area contributed by atoms with Crippen LogP contribution in [0.1, 0.15) is 32.6 Å². The molecule has 0 aromatic carbocycles. The van der Waals surface area contributed by atoms with Crippen molar-refractivity contribution in [3.63, 3.8) is 0 Å². The normalized spacial score (nSPS) is 37.1. The van der Waals surface area contributed by atoms with E-state index in [1.807, 2.05) is 0 Å². The maximum Gasteiger partial charge on any atom is 0.106 e. The minimum absolute atomic E-state index is 0.264. The minimum Gasteiger partial charge on any atom is -0.497 e. The molecule has 0 saturated carbocycles. The van der Waals surface area contributed by atoms with Gasteiger partial charge in [0.2, 0.25) is 0 Å². The molecule has 114 valence electrons.